The van der Waals surface area contributed by atoms with E-state index in [0.717, 1.165) is 22.4 Å². The molecule has 0 saturated heterocycles. The molecule has 0 aliphatic heterocycles. The van der Waals surface area contributed by atoms with Crippen molar-refractivity contribution in [3.8, 4) is 22.6 Å². The number of nitrogens with one attached hydrogen (secondary N) is 1. The molecule has 0 aliphatic rings. The first-order valence-corrected chi connectivity index (χ1v) is 9.93. The number of anilines is 1. The number of pyridine rings is 1. The van der Waals surface area contributed by atoms with Gasteiger partial charge in [0.15, 0.2) is 11.5 Å². The van der Waals surface area contributed by atoms with Crippen LogP contribution in [0.2, 0.25) is 0 Å². The van der Waals surface area contributed by atoms with Crippen LogP contribution < -0.4 is 5.32 Å². The summed E-state index contributed by atoms with van der Waals surface area (Å²) in [4.78, 5) is 16.4. The molecule has 0 bridgehead atoms. The quantitative estimate of drug-likeness (QED) is 0.458. The minimum Gasteiger partial charge on any atom is -0.326 e. The Bertz CT molecular complexity index is 1380. The summed E-state index contributed by atoms with van der Waals surface area (Å²) < 4.78 is 14.7. The Morgan fingerprint density at radius 3 is 2.47 bits per heavy atom. The largest absolute Gasteiger partial charge is 0.326 e. The van der Waals surface area contributed by atoms with Gasteiger partial charge in [-0.05, 0) is 54.1 Å². The fraction of sp³-hybridized carbons (Fsp3) is 0.0417. The van der Waals surface area contributed by atoms with Crippen molar-refractivity contribution in [2.24, 2.45) is 0 Å². The second-order valence-corrected chi connectivity index (χ2v) is 7.18. The van der Waals surface area contributed by atoms with Crippen LogP contribution in [0.4, 0.5) is 10.1 Å². The van der Waals surface area contributed by atoms with Crippen LogP contribution >= 0.6 is 0 Å². The van der Waals surface area contributed by atoms with Crippen LogP contribution in [0.1, 0.15) is 5.56 Å². The van der Waals surface area contributed by atoms with Gasteiger partial charge in [0, 0.05) is 29.2 Å². The molecule has 3 heterocycles. The Kier molecular flexibility index (Phi) is 5.09. The van der Waals surface area contributed by atoms with E-state index >= 15 is 0 Å². The average molecular weight is 424 g/mol. The van der Waals surface area contributed by atoms with Crippen molar-refractivity contribution in [1.82, 2.24) is 24.8 Å². The summed E-state index contributed by atoms with van der Waals surface area (Å²) in [7, 11) is 0. The van der Waals surface area contributed by atoms with E-state index in [2.05, 4.69) is 25.6 Å². The fourth-order valence-electron chi connectivity index (χ4n) is 3.34. The lowest BCUT2D eigenvalue weighted by molar-refractivity contribution is -0.115. The van der Waals surface area contributed by atoms with Gasteiger partial charge in [-0.25, -0.2) is 4.39 Å². The van der Waals surface area contributed by atoms with Crippen molar-refractivity contribution in [3.05, 3.63) is 96.6 Å². The lowest BCUT2D eigenvalue weighted by atomic mass is 10.1. The number of carbonyl (C=O) groups excluding carboxylic acids is 1. The van der Waals surface area contributed by atoms with E-state index < -0.39 is 0 Å². The SMILES string of the molecule is O=C(Cc1ccc(F)cc1)Nc1ccc(-c2ccc3nnc(-c4cccnc4)n3n2)cc1. The number of aromatic nitrogens is 5. The van der Waals surface area contributed by atoms with Gasteiger partial charge in [-0.15, -0.1) is 10.2 Å². The van der Waals surface area contributed by atoms with Gasteiger partial charge in [0.1, 0.15) is 5.82 Å². The Labute approximate surface area is 182 Å². The molecule has 2 aromatic carbocycles. The number of nitrogens with zero attached hydrogens (tertiary/aromatic N) is 5. The molecule has 156 valence electrons. The summed E-state index contributed by atoms with van der Waals surface area (Å²) in [5.41, 5.74) is 4.50. The van der Waals surface area contributed by atoms with Crippen LogP contribution in [0.5, 0.6) is 0 Å². The van der Waals surface area contributed by atoms with Gasteiger partial charge in [-0.3, -0.25) is 9.78 Å². The lowest BCUT2D eigenvalue weighted by Gasteiger charge is -2.07. The topological polar surface area (TPSA) is 85.1 Å². The van der Waals surface area contributed by atoms with E-state index in [1.165, 1.54) is 12.1 Å². The predicted octanol–water partition coefficient (Wildman–Crippen LogP) is 4.17. The summed E-state index contributed by atoms with van der Waals surface area (Å²) in [5, 5.41) is 15.9. The molecule has 7 nitrogen and oxygen atoms in total. The summed E-state index contributed by atoms with van der Waals surface area (Å²) >= 11 is 0. The fourth-order valence-corrected chi connectivity index (χ4v) is 3.34. The highest BCUT2D eigenvalue weighted by molar-refractivity contribution is 5.92. The summed E-state index contributed by atoms with van der Waals surface area (Å²) in [6.07, 6.45) is 3.59. The number of hydrogen-bond donors (Lipinski definition) is 1. The first-order chi connectivity index (χ1) is 15.7. The van der Waals surface area contributed by atoms with Gasteiger partial charge in [-0.2, -0.15) is 9.61 Å². The van der Waals surface area contributed by atoms with Crippen LogP contribution in [0.15, 0.2) is 85.2 Å². The van der Waals surface area contributed by atoms with Crippen LogP contribution in [0, 0.1) is 5.82 Å². The molecule has 0 radical (unpaired) electrons. The van der Waals surface area contributed by atoms with Gasteiger partial charge in [0.2, 0.25) is 5.91 Å². The van der Waals surface area contributed by atoms with E-state index in [1.807, 2.05) is 48.5 Å². The molecule has 0 fully saturated rings. The standard InChI is InChI=1S/C24H17FN6O/c25-19-7-3-16(4-8-19)14-23(32)27-20-9-5-17(6-10-20)21-11-12-22-28-29-24(31(22)30-21)18-2-1-13-26-15-18/h1-13,15H,14H2,(H,27,32). The Balaban J connectivity index is 1.34. The van der Waals surface area contributed by atoms with Crippen LogP contribution in [-0.2, 0) is 11.2 Å². The maximum atomic E-state index is 13.0. The molecule has 1 N–H and O–H groups in total. The molecule has 0 saturated carbocycles. The zero-order valence-corrected chi connectivity index (χ0v) is 16.8. The molecule has 8 heteroatoms. The number of rotatable bonds is 5. The van der Waals surface area contributed by atoms with Crippen molar-refractivity contribution in [2.75, 3.05) is 5.32 Å². The maximum Gasteiger partial charge on any atom is 0.228 e. The first kappa shape index (κ1) is 19.5. The minimum atomic E-state index is -0.324. The van der Waals surface area contributed by atoms with Crippen molar-refractivity contribution >= 4 is 17.2 Å². The molecule has 3 aromatic heterocycles. The highest BCUT2D eigenvalue weighted by Crippen LogP contribution is 2.22. The Morgan fingerprint density at radius 2 is 1.72 bits per heavy atom. The molecule has 1 amide bonds. The number of halogens is 1. The van der Waals surface area contributed by atoms with Gasteiger partial charge in [0.25, 0.3) is 0 Å². The molecular weight excluding hydrogens is 407 g/mol. The van der Waals surface area contributed by atoms with Crippen molar-refractivity contribution < 1.29 is 9.18 Å². The van der Waals surface area contributed by atoms with Crippen molar-refractivity contribution in [2.45, 2.75) is 6.42 Å². The molecular formula is C24H17FN6O. The molecule has 0 atom stereocenters. The number of hydrogen-bond acceptors (Lipinski definition) is 5. The van der Waals surface area contributed by atoms with E-state index in [4.69, 9.17) is 0 Å². The number of fused-ring (bicyclic) bond motifs is 1. The smallest absolute Gasteiger partial charge is 0.228 e. The Morgan fingerprint density at radius 1 is 0.906 bits per heavy atom. The number of benzene rings is 2. The van der Waals surface area contributed by atoms with E-state index in [0.29, 0.717) is 17.2 Å². The van der Waals surface area contributed by atoms with E-state index in [9.17, 15) is 9.18 Å². The van der Waals surface area contributed by atoms with Crippen molar-refractivity contribution in [1.29, 1.82) is 0 Å². The van der Waals surface area contributed by atoms with Crippen LogP contribution in [0.25, 0.3) is 28.3 Å². The number of amides is 1. The highest BCUT2D eigenvalue weighted by atomic mass is 19.1. The zero-order chi connectivity index (χ0) is 21.9. The third-order valence-electron chi connectivity index (χ3n) is 4.92. The van der Waals surface area contributed by atoms with Crippen molar-refractivity contribution in [3.63, 3.8) is 0 Å². The zero-order valence-electron chi connectivity index (χ0n) is 16.8. The molecule has 0 spiro atoms. The predicted molar refractivity (Wildman–Crippen MR) is 118 cm³/mol. The second-order valence-electron chi connectivity index (χ2n) is 7.18. The molecule has 32 heavy (non-hydrogen) atoms. The third kappa shape index (κ3) is 4.06. The summed E-state index contributed by atoms with van der Waals surface area (Å²) in [6.45, 7) is 0. The first-order valence-electron chi connectivity index (χ1n) is 9.93. The molecule has 0 unspecified atom stereocenters. The normalized spacial score (nSPS) is 10.9. The monoisotopic (exact) mass is 424 g/mol. The van der Waals surface area contributed by atoms with Gasteiger partial charge in [0.05, 0.1) is 12.1 Å². The lowest BCUT2D eigenvalue weighted by Crippen LogP contribution is -2.14. The highest BCUT2D eigenvalue weighted by Gasteiger charge is 2.11. The third-order valence-corrected chi connectivity index (χ3v) is 4.92. The Hall–Kier alpha value is -4.46. The molecule has 5 aromatic rings. The molecule has 5 rings (SSSR count). The summed E-state index contributed by atoms with van der Waals surface area (Å²) in [6, 6.07) is 20.8. The minimum absolute atomic E-state index is 0.172. The van der Waals surface area contributed by atoms with E-state index in [-0.39, 0.29) is 18.1 Å². The van der Waals surface area contributed by atoms with Gasteiger partial charge in [-0.1, -0.05) is 24.3 Å². The second kappa shape index (κ2) is 8.35. The van der Waals surface area contributed by atoms with Crippen LogP contribution in [0.3, 0.4) is 0 Å². The van der Waals surface area contributed by atoms with Gasteiger partial charge >= 0.3 is 0 Å². The summed E-state index contributed by atoms with van der Waals surface area (Å²) in [5.74, 6) is 0.115. The molecule has 0 aliphatic carbocycles. The van der Waals surface area contributed by atoms with Crippen LogP contribution in [-0.4, -0.2) is 30.7 Å². The average Bonchev–Trinajstić information content (AvgIpc) is 3.25. The van der Waals surface area contributed by atoms with E-state index in [1.54, 1.807) is 29.0 Å². The van der Waals surface area contributed by atoms with Gasteiger partial charge < -0.3 is 5.32 Å². The maximum absolute atomic E-state index is 13.0. The number of carbonyl (C=O) groups is 1.